The number of likely N-dealkylation sites (tertiary alicyclic amines) is 1. The molecule has 0 aromatic heterocycles. The largest absolute Gasteiger partial charge is 0.343 e. The van der Waals surface area contributed by atoms with Crippen LogP contribution in [0.5, 0.6) is 0 Å². The van der Waals surface area contributed by atoms with Gasteiger partial charge >= 0.3 is 0 Å². The van der Waals surface area contributed by atoms with E-state index in [0.717, 1.165) is 0 Å². The van der Waals surface area contributed by atoms with Gasteiger partial charge in [0, 0.05) is 31.5 Å². The van der Waals surface area contributed by atoms with Gasteiger partial charge in [0.15, 0.2) is 15.6 Å². The molecule has 1 saturated heterocycles. The predicted molar refractivity (Wildman–Crippen MR) is 103 cm³/mol. The first kappa shape index (κ1) is 19.3. The zero-order valence-electron chi connectivity index (χ0n) is 15.1. The fraction of sp³-hybridized carbons (Fsp3) is 0.333. The van der Waals surface area contributed by atoms with Gasteiger partial charge in [-0.2, -0.15) is 0 Å². The standard InChI is InChI=1S/C21H23NO4S/c23-20(17-7-3-1-4-8-17)11-12-21(24)22-15-13-19(14-16-22)27(25,26)18-9-5-2-6-10-18/h1-10,19H,11-16H2. The average molecular weight is 385 g/mol. The van der Waals surface area contributed by atoms with E-state index >= 15 is 0 Å². The second kappa shape index (κ2) is 8.48. The maximum absolute atomic E-state index is 12.7. The molecule has 0 bridgehead atoms. The van der Waals surface area contributed by atoms with Crippen LogP contribution in [0, 0.1) is 0 Å². The first-order valence-electron chi connectivity index (χ1n) is 9.13. The Kier molecular flexibility index (Phi) is 6.06. The summed E-state index contributed by atoms with van der Waals surface area (Å²) in [4.78, 5) is 26.5. The Morgan fingerprint density at radius 3 is 2.00 bits per heavy atom. The minimum Gasteiger partial charge on any atom is -0.343 e. The molecular formula is C21H23NO4S. The molecule has 1 amide bonds. The second-order valence-corrected chi connectivity index (χ2v) is 8.96. The van der Waals surface area contributed by atoms with Crippen LogP contribution >= 0.6 is 0 Å². The average Bonchev–Trinajstić information content (AvgIpc) is 2.73. The summed E-state index contributed by atoms with van der Waals surface area (Å²) in [6.45, 7) is 0.824. The van der Waals surface area contributed by atoms with Gasteiger partial charge < -0.3 is 4.90 Å². The second-order valence-electron chi connectivity index (χ2n) is 6.73. The van der Waals surface area contributed by atoms with Crippen LogP contribution in [0.25, 0.3) is 0 Å². The van der Waals surface area contributed by atoms with E-state index in [9.17, 15) is 18.0 Å². The predicted octanol–water partition coefficient (Wildman–Crippen LogP) is 3.11. The van der Waals surface area contributed by atoms with Gasteiger partial charge in [-0.3, -0.25) is 9.59 Å². The molecule has 1 fully saturated rings. The van der Waals surface area contributed by atoms with Crippen molar-refractivity contribution in [3.05, 3.63) is 66.2 Å². The van der Waals surface area contributed by atoms with Crippen molar-refractivity contribution in [2.75, 3.05) is 13.1 Å². The number of piperidine rings is 1. The van der Waals surface area contributed by atoms with Crippen LogP contribution in [-0.4, -0.2) is 43.3 Å². The van der Waals surface area contributed by atoms with Crippen molar-refractivity contribution in [3.8, 4) is 0 Å². The Bertz CT molecular complexity index is 886. The molecule has 0 unspecified atom stereocenters. The van der Waals surface area contributed by atoms with Gasteiger partial charge in [0.1, 0.15) is 0 Å². The van der Waals surface area contributed by atoms with Crippen molar-refractivity contribution in [2.45, 2.75) is 35.8 Å². The molecule has 3 rings (SSSR count). The fourth-order valence-corrected chi connectivity index (χ4v) is 5.12. The van der Waals surface area contributed by atoms with Crippen LogP contribution in [0.2, 0.25) is 0 Å². The SMILES string of the molecule is O=C(CCC(=O)N1CCC(S(=O)(=O)c2ccccc2)CC1)c1ccccc1. The van der Waals surface area contributed by atoms with Gasteiger partial charge in [0.2, 0.25) is 5.91 Å². The molecule has 0 N–H and O–H groups in total. The molecule has 2 aromatic rings. The van der Waals surface area contributed by atoms with Gasteiger partial charge in [-0.25, -0.2) is 8.42 Å². The molecule has 27 heavy (non-hydrogen) atoms. The number of rotatable bonds is 6. The Labute approximate surface area is 159 Å². The highest BCUT2D eigenvalue weighted by molar-refractivity contribution is 7.92. The number of sulfone groups is 1. The third-order valence-electron chi connectivity index (χ3n) is 4.97. The number of Topliss-reactive ketones (excluding diaryl/α,β-unsaturated/α-hetero) is 1. The molecule has 1 aliphatic rings. The molecule has 0 saturated carbocycles. The van der Waals surface area contributed by atoms with Crippen molar-refractivity contribution >= 4 is 21.5 Å². The Hall–Kier alpha value is -2.47. The summed E-state index contributed by atoms with van der Waals surface area (Å²) >= 11 is 0. The summed E-state index contributed by atoms with van der Waals surface area (Å²) in [5.74, 6) is -0.139. The molecular weight excluding hydrogens is 362 g/mol. The highest BCUT2D eigenvalue weighted by atomic mass is 32.2. The van der Waals surface area contributed by atoms with Gasteiger partial charge in [-0.05, 0) is 25.0 Å². The van der Waals surface area contributed by atoms with Gasteiger partial charge in [-0.15, -0.1) is 0 Å². The van der Waals surface area contributed by atoms with Crippen LogP contribution < -0.4 is 0 Å². The number of hydrogen-bond donors (Lipinski definition) is 0. The number of carbonyl (C=O) groups excluding carboxylic acids is 2. The van der Waals surface area contributed by atoms with Crippen LogP contribution in [0.4, 0.5) is 0 Å². The summed E-state index contributed by atoms with van der Waals surface area (Å²) in [6, 6.07) is 17.4. The van der Waals surface area contributed by atoms with E-state index in [2.05, 4.69) is 0 Å². The fourth-order valence-electron chi connectivity index (χ4n) is 3.37. The van der Waals surface area contributed by atoms with E-state index < -0.39 is 15.1 Å². The molecule has 142 valence electrons. The molecule has 1 heterocycles. The summed E-state index contributed by atoms with van der Waals surface area (Å²) in [6.07, 6.45) is 1.18. The van der Waals surface area contributed by atoms with Gasteiger partial charge in [0.25, 0.3) is 0 Å². The molecule has 1 aliphatic heterocycles. The lowest BCUT2D eigenvalue weighted by Crippen LogP contribution is -2.42. The lowest BCUT2D eigenvalue weighted by atomic mass is 10.1. The van der Waals surface area contributed by atoms with Crippen molar-refractivity contribution in [2.24, 2.45) is 0 Å². The van der Waals surface area contributed by atoms with Crippen LogP contribution in [-0.2, 0) is 14.6 Å². The van der Waals surface area contributed by atoms with E-state index in [1.807, 2.05) is 6.07 Å². The number of nitrogens with zero attached hydrogens (tertiary/aromatic N) is 1. The molecule has 5 nitrogen and oxygen atoms in total. The maximum atomic E-state index is 12.7. The molecule has 0 aliphatic carbocycles. The maximum Gasteiger partial charge on any atom is 0.223 e. The lowest BCUT2D eigenvalue weighted by molar-refractivity contribution is -0.132. The number of carbonyl (C=O) groups is 2. The summed E-state index contributed by atoms with van der Waals surface area (Å²) < 4.78 is 25.4. The normalized spacial score (nSPS) is 15.5. The number of benzene rings is 2. The Morgan fingerprint density at radius 1 is 0.852 bits per heavy atom. The number of amides is 1. The van der Waals surface area contributed by atoms with Crippen LogP contribution in [0.3, 0.4) is 0 Å². The summed E-state index contributed by atoms with van der Waals surface area (Å²) in [5, 5.41) is -0.463. The van der Waals surface area contributed by atoms with E-state index in [0.29, 0.717) is 36.4 Å². The molecule has 0 atom stereocenters. The van der Waals surface area contributed by atoms with E-state index in [-0.39, 0.29) is 24.5 Å². The van der Waals surface area contributed by atoms with Crippen LogP contribution in [0.1, 0.15) is 36.0 Å². The lowest BCUT2D eigenvalue weighted by Gasteiger charge is -2.31. The van der Waals surface area contributed by atoms with Crippen molar-refractivity contribution in [3.63, 3.8) is 0 Å². The topological polar surface area (TPSA) is 71.5 Å². The smallest absolute Gasteiger partial charge is 0.223 e. The minimum atomic E-state index is -3.36. The molecule has 0 radical (unpaired) electrons. The zero-order chi connectivity index (χ0) is 19.3. The first-order valence-corrected chi connectivity index (χ1v) is 10.7. The number of hydrogen-bond acceptors (Lipinski definition) is 4. The van der Waals surface area contributed by atoms with Crippen LogP contribution in [0.15, 0.2) is 65.6 Å². The highest BCUT2D eigenvalue weighted by Gasteiger charge is 2.32. The monoisotopic (exact) mass is 385 g/mol. The van der Waals surface area contributed by atoms with Crippen molar-refractivity contribution in [1.82, 2.24) is 4.90 Å². The van der Waals surface area contributed by atoms with E-state index in [4.69, 9.17) is 0 Å². The Morgan fingerprint density at radius 2 is 1.41 bits per heavy atom. The van der Waals surface area contributed by atoms with Gasteiger partial charge in [-0.1, -0.05) is 48.5 Å². The van der Waals surface area contributed by atoms with Gasteiger partial charge in [0.05, 0.1) is 10.1 Å². The molecule has 2 aromatic carbocycles. The first-order chi connectivity index (χ1) is 13.0. The van der Waals surface area contributed by atoms with E-state index in [1.54, 1.807) is 59.5 Å². The molecule has 0 spiro atoms. The summed E-state index contributed by atoms with van der Waals surface area (Å²) in [7, 11) is -3.36. The Balaban J connectivity index is 1.51. The van der Waals surface area contributed by atoms with Crippen molar-refractivity contribution < 1.29 is 18.0 Å². The third-order valence-corrected chi connectivity index (χ3v) is 7.25. The quantitative estimate of drug-likeness (QED) is 0.717. The summed E-state index contributed by atoms with van der Waals surface area (Å²) in [5.41, 5.74) is 0.609. The molecule has 6 heteroatoms. The third kappa shape index (κ3) is 4.63. The van der Waals surface area contributed by atoms with Crippen molar-refractivity contribution in [1.29, 1.82) is 0 Å². The number of ketones is 1. The zero-order valence-corrected chi connectivity index (χ0v) is 15.9. The van der Waals surface area contributed by atoms with E-state index in [1.165, 1.54) is 0 Å². The minimum absolute atomic E-state index is 0.0505. The highest BCUT2D eigenvalue weighted by Crippen LogP contribution is 2.25.